The Morgan fingerprint density at radius 3 is 2.39 bits per heavy atom. The van der Waals surface area contributed by atoms with E-state index in [-0.39, 0.29) is 35.6 Å². The average Bonchev–Trinajstić information content (AvgIpc) is 3.38. The van der Waals surface area contributed by atoms with Crippen molar-refractivity contribution in [3.05, 3.63) is 53.9 Å². The molecule has 0 amide bonds. The summed E-state index contributed by atoms with van der Waals surface area (Å²) in [7, 11) is 1.43. The van der Waals surface area contributed by atoms with E-state index in [1.54, 1.807) is 6.92 Å². The molecule has 1 fully saturated rings. The minimum absolute atomic E-state index is 0.00215. The van der Waals surface area contributed by atoms with Crippen molar-refractivity contribution < 1.29 is 33.3 Å². The maximum atomic E-state index is 13.1. The molecule has 0 unspecified atom stereocenters. The minimum atomic E-state index is -0.686. The van der Waals surface area contributed by atoms with Crippen molar-refractivity contribution in [2.45, 2.75) is 64.9 Å². The van der Waals surface area contributed by atoms with Crippen LogP contribution >= 0.6 is 0 Å². The molecule has 1 aromatic carbocycles. The predicted octanol–water partition coefficient (Wildman–Crippen LogP) is 5.10. The molecule has 0 spiro atoms. The third kappa shape index (κ3) is 7.06. The maximum Gasteiger partial charge on any atom is 0.309 e. The van der Waals surface area contributed by atoms with Crippen molar-refractivity contribution in [2.24, 2.45) is 11.8 Å². The lowest BCUT2D eigenvalue weighted by Gasteiger charge is -2.30. The Kier molecular flexibility index (Phi) is 9.85. The van der Waals surface area contributed by atoms with Gasteiger partial charge >= 0.3 is 11.9 Å². The molecule has 1 aliphatic carbocycles. The highest BCUT2D eigenvalue weighted by Gasteiger charge is 2.34. The summed E-state index contributed by atoms with van der Waals surface area (Å²) in [5.74, 6) is -1.14. The molecule has 0 radical (unpaired) electrons. The number of hydrogen-bond acceptors (Lipinski definition) is 8. The zero-order valence-corrected chi connectivity index (χ0v) is 21.4. The molecule has 0 saturated heterocycles. The molecule has 0 bridgehead atoms. The van der Waals surface area contributed by atoms with E-state index < -0.39 is 30.4 Å². The molecular formula is C28H35NO7. The van der Waals surface area contributed by atoms with Gasteiger partial charge in [-0.25, -0.2) is 4.98 Å². The van der Waals surface area contributed by atoms with E-state index in [1.165, 1.54) is 44.7 Å². The molecule has 36 heavy (non-hydrogen) atoms. The van der Waals surface area contributed by atoms with Crippen LogP contribution in [0.1, 0.15) is 74.8 Å². The number of nitrogens with zero attached hydrogens (tertiary/aromatic N) is 1. The third-order valence-corrected chi connectivity index (χ3v) is 6.61. The van der Waals surface area contributed by atoms with Gasteiger partial charge in [0, 0.05) is 31.5 Å². The number of pyridine rings is 1. The van der Waals surface area contributed by atoms with Gasteiger partial charge in [0.1, 0.15) is 6.10 Å². The summed E-state index contributed by atoms with van der Waals surface area (Å²) in [4.78, 5) is 41.3. The Hall–Kier alpha value is -3.42. The number of ether oxygens (including phenoxy) is 4. The smallest absolute Gasteiger partial charge is 0.309 e. The van der Waals surface area contributed by atoms with Gasteiger partial charge in [-0.15, -0.1) is 0 Å². The molecule has 1 aromatic heterocycles. The Bertz CT molecular complexity index is 1030. The zero-order chi connectivity index (χ0) is 26.1. The normalized spacial score (nSPS) is 16.0. The molecule has 0 aliphatic heterocycles. The number of benzene rings is 1. The van der Waals surface area contributed by atoms with E-state index in [2.05, 4.69) is 17.1 Å². The van der Waals surface area contributed by atoms with Crippen LogP contribution in [0, 0.1) is 11.8 Å². The van der Waals surface area contributed by atoms with Gasteiger partial charge in [-0.05, 0) is 31.2 Å². The van der Waals surface area contributed by atoms with Crippen molar-refractivity contribution in [2.75, 3.05) is 13.9 Å². The largest absolute Gasteiger partial charge is 0.493 e. The van der Waals surface area contributed by atoms with Gasteiger partial charge in [0.2, 0.25) is 6.79 Å². The lowest BCUT2D eigenvalue weighted by Crippen LogP contribution is -2.30. The number of Topliss-reactive ketones (excluding diaryl/α,β-unsaturated/α-hetero) is 1. The fraction of sp³-hybridized carbons (Fsp3) is 0.500. The van der Waals surface area contributed by atoms with Crippen LogP contribution in [-0.4, -0.2) is 42.7 Å². The molecule has 3 rings (SSSR count). The summed E-state index contributed by atoms with van der Waals surface area (Å²) in [6, 6.07) is 11.7. The molecule has 194 valence electrons. The SMILES string of the molecule is COc1ccnc(C(=O)C[C@@H](C)C(=O)O[C@@H](C)[C@@H](c2ccccc2)C2CCCC2)c1OCOC(C)=O. The second-order valence-corrected chi connectivity index (χ2v) is 9.24. The number of aromatic nitrogens is 1. The predicted molar refractivity (Wildman–Crippen MR) is 133 cm³/mol. The first-order valence-corrected chi connectivity index (χ1v) is 12.4. The van der Waals surface area contributed by atoms with Crippen LogP contribution in [0.25, 0.3) is 0 Å². The molecule has 2 aromatic rings. The molecule has 1 saturated carbocycles. The van der Waals surface area contributed by atoms with Crippen LogP contribution in [0.2, 0.25) is 0 Å². The molecular weight excluding hydrogens is 462 g/mol. The maximum absolute atomic E-state index is 13.1. The molecule has 8 heteroatoms. The fourth-order valence-corrected chi connectivity index (χ4v) is 4.85. The number of methoxy groups -OCH3 is 1. The Morgan fingerprint density at radius 2 is 1.75 bits per heavy atom. The Labute approximate surface area is 212 Å². The number of esters is 2. The van der Waals surface area contributed by atoms with Crippen LogP contribution in [0.5, 0.6) is 11.5 Å². The van der Waals surface area contributed by atoms with Gasteiger partial charge in [-0.2, -0.15) is 0 Å². The van der Waals surface area contributed by atoms with E-state index in [1.807, 2.05) is 25.1 Å². The van der Waals surface area contributed by atoms with Crippen LogP contribution < -0.4 is 9.47 Å². The van der Waals surface area contributed by atoms with Crippen LogP contribution in [-0.2, 0) is 19.1 Å². The number of hydrogen-bond donors (Lipinski definition) is 0. The third-order valence-electron chi connectivity index (χ3n) is 6.61. The number of carbonyl (C=O) groups is 3. The van der Waals surface area contributed by atoms with E-state index in [9.17, 15) is 14.4 Å². The van der Waals surface area contributed by atoms with E-state index in [0.717, 1.165) is 12.8 Å². The van der Waals surface area contributed by atoms with Gasteiger partial charge in [-0.3, -0.25) is 14.4 Å². The van der Waals surface area contributed by atoms with Gasteiger partial charge in [0.15, 0.2) is 23.0 Å². The molecule has 3 atom stereocenters. The van der Waals surface area contributed by atoms with Gasteiger partial charge in [0.05, 0.1) is 13.0 Å². The second kappa shape index (κ2) is 13.0. The summed E-state index contributed by atoms with van der Waals surface area (Å²) in [6.45, 7) is 4.46. The molecule has 1 aliphatic rings. The van der Waals surface area contributed by atoms with Crippen molar-refractivity contribution >= 4 is 17.7 Å². The first-order chi connectivity index (χ1) is 17.3. The summed E-state index contributed by atoms with van der Waals surface area (Å²) >= 11 is 0. The standard InChI is InChI=1S/C28H35NO7/c1-18(16-23(31)26-27(35-17-34-20(3)30)24(33-4)14-15-29-26)28(32)36-19(2)25(22-12-8-9-13-22)21-10-6-5-7-11-21/h5-7,10-11,14-15,18-19,22,25H,8-9,12-13,16-17H2,1-4H3/t18-,19+,25+/m1/s1. The average molecular weight is 498 g/mol. The summed E-state index contributed by atoms with van der Waals surface area (Å²) in [5, 5.41) is 0. The quantitative estimate of drug-likeness (QED) is 0.227. The highest BCUT2D eigenvalue weighted by molar-refractivity contribution is 5.99. The summed E-state index contributed by atoms with van der Waals surface area (Å²) < 4.78 is 21.5. The van der Waals surface area contributed by atoms with E-state index in [4.69, 9.17) is 18.9 Å². The van der Waals surface area contributed by atoms with Crippen molar-refractivity contribution in [1.29, 1.82) is 0 Å². The van der Waals surface area contributed by atoms with Crippen molar-refractivity contribution in [3.63, 3.8) is 0 Å². The van der Waals surface area contributed by atoms with Gasteiger partial charge in [0.25, 0.3) is 0 Å². The van der Waals surface area contributed by atoms with Gasteiger partial charge < -0.3 is 18.9 Å². The van der Waals surface area contributed by atoms with Crippen molar-refractivity contribution in [1.82, 2.24) is 4.98 Å². The minimum Gasteiger partial charge on any atom is -0.493 e. The Morgan fingerprint density at radius 1 is 1.06 bits per heavy atom. The summed E-state index contributed by atoms with van der Waals surface area (Å²) in [5.41, 5.74) is 1.17. The lowest BCUT2D eigenvalue weighted by molar-refractivity contribution is -0.154. The number of carbonyl (C=O) groups excluding carboxylic acids is 3. The summed E-state index contributed by atoms with van der Waals surface area (Å²) in [6.07, 6.45) is 5.60. The Balaban J connectivity index is 1.68. The number of rotatable bonds is 12. The van der Waals surface area contributed by atoms with Crippen LogP contribution in [0.4, 0.5) is 0 Å². The van der Waals surface area contributed by atoms with E-state index >= 15 is 0 Å². The first-order valence-electron chi connectivity index (χ1n) is 12.4. The zero-order valence-electron chi connectivity index (χ0n) is 21.4. The monoisotopic (exact) mass is 497 g/mol. The molecule has 1 heterocycles. The fourth-order valence-electron chi connectivity index (χ4n) is 4.85. The highest BCUT2D eigenvalue weighted by atomic mass is 16.7. The molecule has 8 nitrogen and oxygen atoms in total. The first kappa shape index (κ1) is 27.2. The van der Waals surface area contributed by atoms with Gasteiger partial charge in [-0.1, -0.05) is 50.1 Å². The topological polar surface area (TPSA) is 101 Å². The molecule has 0 N–H and O–H groups in total. The number of ketones is 1. The van der Waals surface area contributed by atoms with Crippen LogP contribution in [0.15, 0.2) is 42.6 Å². The second-order valence-electron chi connectivity index (χ2n) is 9.24. The lowest BCUT2D eigenvalue weighted by atomic mass is 9.81. The van der Waals surface area contributed by atoms with Crippen LogP contribution in [0.3, 0.4) is 0 Å². The van der Waals surface area contributed by atoms with E-state index in [0.29, 0.717) is 5.92 Å². The van der Waals surface area contributed by atoms with Crippen molar-refractivity contribution in [3.8, 4) is 11.5 Å². The highest BCUT2D eigenvalue weighted by Crippen LogP contribution is 2.40.